The molecule has 0 radical (unpaired) electrons. The SMILES string of the molecule is COc1cccc(C(O)=C2C(=O)C(=O)N(CCCN(C)C)[C@H]2c2ccc(C(C)C)cc2)c1. The van der Waals surface area contributed by atoms with Crippen molar-refractivity contribution in [1.29, 1.82) is 0 Å². The molecule has 170 valence electrons. The van der Waals surface area contributed by atoms with Gasteiger partial charge in [-0.15, -0.1) is 0 Å². The van der Waals surface area contributed by atoms with E-state index < -0.39 is 17.7 Å². The number of methoxy groups -OCH3 is 1. The molecule has 0 aliphatic carbocycles. The third-order valence-electron chi connectivity index (χ3n) is 5.81. The zero-order chi connectivity index (χ0) is 23.4. The van der Waals surface area contributed by atoms with Gasteiger partial charge in [-0.1, -0.05) is 50.2 Å². The first-order chi connectivity index (χ1) is 15.2. The van der Waals surface area contributed by atoms with Crippen molar-refractivity contribution >= 4 is 17.4 Å². The Morgan fingerprint density at radius 3 is 2.41 bits per heavy atom. The monoisotopic (exact) mass is 436 g/mol. The van der Waals surface area contributed by atoms with Crippen LogP contribution in [0.5, 0.6) is 5.75 Å². The van der Waals surface area contributed by atoms with E-state index in [9.17, 15) is 14.7 Å². The Morgan fingerprint density at radius 1 is 1.12 bits per heavy atom. The first-order valence-electron chi connectivity index (χ1n) is 10.9. The summed E-state index contributed by atoms with van der Waals surface area (Å²) >= 11 is 0. The molecule has 0 saturated carbocycles. The molecule has 0 bridgehead atoms. The number of ether oxygens (including phenoxy) is 1. The van der Waals surface area contributed by atoms with Gasteiger partial charge in [0.2, 0.25) is 0 Å². The van der Waals surface area contributed by atoms with Crippen molar-refractivity contribution < 1.29 is 19.4 Å². The fraction of sp³-hybridized carbons (Fsp3) is 0.385. The van der Waals surface area contributed by atoms with E-state index in [0.29, 0.717) is 23.8 Å². The number of amides is 1. The molecular weight excluding hydrogens is 404 g/mol. The lowest BCUT2D eigenvalue weighted by Crippen LogP contribution is -2.32. The molecule has 2 aromatic rings. The number of carbonyl (C=O) groups is 2. The summed E-state index contributed by atoms with van der Waals surface area (Å²) in [6.07, 6.45) is 0.722. The van der Waals surface area contributed by atoms with Crippen molar-refractivity contribution in [2.75, 3.05) is 34.3 Å². The molecule has 32 heavy (non-hydrogen) atoms. The summed E-state index contributed by atoms with van der Waals surface area (Å²) in [5.41, 5.74) is 2.54. The second kappa shape index (κ2) is 10.0. The third-order valence-corrected chi connectivity index (χ3v) is 5.81. The third kappa shape index (κ3) is 4.86. The van der Waals surface area contributed by atoms with Gasteiger partial charge >= 0.3 is 0 Å². The smallest absolute Gasteiger partial charge is 0.295 e. The van der Waals surface area contributed by atoms with Crippen LogP contribution >= 0.6 is 0 Å². The van der Waals surface area contributed by atoms with Gasteiger partial charge in [-0.3, -0.25) is 9.59 Å². The van der Waals surface area contributed by atoms with Gasteiger partial charge in [0.15, 0.2) is 0 Å². The minimum Gasteiger partial charge on any atom is -0.507 e. The standard InChI is InChI=1S/C26H32N2O4/c1-17(2)18-10-12-19(13-11-18)23-22(24(29)20-8-6-9-21(16-20)32-5)25(30)26(31)28(23)15-7-14-27(3)4/h6,8-13,16-17,23,29H,7,14-15H2,1-5H3/t23-/m0/s1. The van der Waals surface area contributed by atoms with Gasteiger partial charge in [-0.2, -0.15) is 0 Å². The predicted octanol–water partition coefficient (Wildman–Crippen LogP) is 4.19. The highest BCUT2D eigenvalue weighted by molar-refractivity contribution is 6.46. The van der Waals surface area contributed by atoms with Crippen LogP contribution in [0.3, 0.4) is 0 Å². The Labute approximate surface area is 190 Å². The van der Waals surface area contributed by atoms with Crippen LogP contribution in [0.2, 0.25) is 0 Å². The van der Waals surface area contributed by atoms with Gasteiger partial charge < -0.3 is 19.6 Å². The van der Waals surface area contributed by atoms with Crippen LogP contribution in [0.4, 0.5) is 0 Å². The number of likely N-dealkylation sites (tertiary alicyclic amines) is 1. The summed E-state index contributed by atoms with van der Waals surface area (Å²) in [5.74, 6) is -0.492. The van der Waals surface area contributed by atoms with Crippen LogP contribution in [0.1, 0.15) is 48.9 Å². The normalized spacial score (nSPS) is 18.1. The van der Waals surface area contributed by atoms with E-state index in [4.69, 9.17) is 4.74 Å². The molecule has 1 atom stereocenters. The Morgan fingerprint density at radius 2 is 1.81 bits per heavy atom. The number of benzene rings is 2. The lowest BCUT2D eigenvalue weighted by Gasteiger charge is -2.26. The molecule has 6 nitrogen and oxygen atoms in total. The minimum absolute atomic E-state index is 0.116. The van der Waals surface area contributed by atoms with Crippen molar-refractivity contribution in [3.8, 4) is 5.75 Å². The number of carbonyl (C=O) groups excluding carboxylic acids is 2. The number of nitrogens with zero attached hydrogens (tertiary/aromatic N) is 2. The number of aliphatic hydroxyl groups excluding tert-OH is 1. The number of aliphatic hydroxyl groups is 1. The molecule has 0 spiro atoms. The summed E-state index contributed by atoms with van der Waals surface area (Å²) in [4.78, 5) is 29.7. The fourth-order valence-electron chi connectivity index (χ4n) is 4.00. The number of ketones is 1. The summed E-state index contributed by atoms with van der Waals surface area (Å²) in [6, 6.07) is 14.2. The largest absolute Gasteiger partial charge is 0.507 e. The van der Waals surface area contributed by atoms with Crippen molar-refractivity contribution in [2.45, 2.75) is 32.2 Å². The molecule has 1 fully saturated rings. The van der Waals surface area contributed by atoms with Crippen LogP contribution in [-0.2, 0) is 9.59 Å². The predicted molar refractivity (Wildman–Crippen MR) is 126 cm³/mol. The number of hydrogen-bond donors (Lipinski definition) is 1. The van der Waals surface area contributed by atoms with Gasteiger partial charge in [0.1, 0.15) is 11.5 Å². The van der Waals surface area contributed by atoms with E-state index in [1.54, 1.807) is 36.3 Å². The van der Waals surface area contributed by atoms with Crippen LogP contribution in [0.15, 0.2) is 54.1 Å². The molecule has 1 amide bonds. The molecule has 6 heteroatoms. The Balaban J connectivity index is 2.09. The first kappa shape index (κ1) is 23.5. The average molecular weight is 437 g/mol. The highest BCUT2D eigenvalue weighted by Gasteiger charge is 2.45. The maximum atomic E-state index is 13.1. The molecule has 1 aliphatic heterocycles. The van der Waals surface area contributed by atoms with Crippen molar-refractivity contribution in [3.05, 3.63) is 70.8 Å². The van der Waals surface area contributed by atoms with Gasteiger partial charge in [0, 0.05) is 12.1 Å². The maximum Gasteiger partial charge on any atom is 0.295 e. The van der Waals surface area contributed by atoms with Crippen LogP contribution in [-0.4, -0.2) is 60.9 Å². The van der Waals surface area contributed by atoms with E-state index in [-0.39, 0.29) is 11.3 Å². The number of Topliss-reactive ketones (excluding diaryl/α,β-unsaturated/α-hetero) is 1. The van der Waals surface area contributed by atoms with E-state index in [0.717, 1.165) is 18.5 Å². The molecule has 0 aromatic heterocycles. The van der Waals surface area contributed by atoms with Crippen molar-refractivity contribution in [2.24, 2.45) is 0 Å². The van der Waals surface area contributed by atoms with Crippen molar-refractivity contribution in [3.63, 3.8) is 0 Å². The number of hydrogen-bond acceptors (Lipinski definition) is 5. The topological polar surface area (TPSA) is 70.1 Å². The lowest BCUT2D eigenvalue weighted by atomic mass is 9.93. The first-order valence-corrected chi connectivity index (χ1v) is 10.9. The summed E-state index contributed by atoms with van der Waals surface area (Å²) < 4.78 is 5.26. The maximum absolute atomic E-state index is 13.1. The molecular formula is C26H32N2O4. The second-order valence-electron chi connectivity index (χ2n) is 8.70. The summed E-state index contributed by atoms with van der Waals surface area (Å²) in [7, 11) is 5.48. The van der Waals surface area contributed by atoms with Crippen LogP contribution in [0.25, 0.3) is 5.76 Å². The van der Waals surface area contributed by atoms with Gasteiger partial charge in [-0.05, 0) is 56.2 Å². The summed E-state index contributed by atoms with van der Waals surface area (Å²) in [6.45, 7) is 5.45. The molecule has 3 rings (SSSR count). The average Bonchev–Trinajstić information content (AvgIpc) is 3.03. The Kier molecular flexibility index (Phi) is 7.36. The quantitative estimate of drug-likeness (QED) is 0.382. The zero-order valence-electron chi connectivity index (χ0n) is 19.5. The second-order valence-corrected chi connectivity index (χ2v) is 8.70. The lowest BCUT2D eigenvalue weighted by molar-refractivity contribution is -0.139. The molecule has 1 N–H and O–H groups in total. The molecule has 1 aliphatic rings. The van der Waals surface area contributed by atoms with Gasteiger partial charge in [-0.25, -0.2) is 0 Å². The molecule has 2 aromatic carbocycles. The Bertz CT molecular complexity index is 1010. The van der Waals surface area contributed by atoms with Gasteiger partial charge in [0.25, 0.3) is 11.7 Å². The van der Waals surface area contributed by atoms with E-state index >= 15 is 0 Å². The molecule has 1 heterocycles. The molecule has 1 saturated heterocycles. The number of rotatable bonds is 8. The molecule has 0 unspecified atom stereocenters. The van der Waals surface area contributed by atoms with Crippen molar-refractivity contribution in [1.82, 2.24) is 9.80 Å². The van der Waals surface area contributed by atoms with E-state index in [1.165, 1.54) is 5.56 Å². The van der Waals surface area contributed by atoms with Gasteiger partial charge in [0.05, 0.1) is 18.7 Å². The Hall–Kier alpha value is -3.12. The van der Waals surface area contributed by atoms with Crippen LogP contribution < -0.4 is 4.74 Å². The van der Waals surface area contributed by atoms with E-state index in [2.05, 4.69) is 13.8 Å². The van der Waals surface area contributed by atoms with Crippen LogP contribution in [0, 0.1) is 0 Å². The summed E-state index contributed by atoms with van der Waals surface area (Å²) in [5, 5.41) is 11.2. The fourth-order valence-corrected chi connectivity index (χ4v) is 4.00. The van der Waals surface area contributed by atoms with E-state index in [1.807, 2.05) is 43.3 Å². The highest BCUT2D eigenvalue weighted by Crippen LogP contribution is 2.40. The zero-order valence-corrected chi connectivity index (χ0v) is 19.5. The minimum atomic E-state index is -0.659. The highest BCUT2D eigenvalue weighted by atomic mass is 16.5.